The third-order valence-corrected chi connectivity index (χ3v) is 3.71. The highest BCUT2D eigenvalue weighted by atomic mass is 16.3. The Kier molecular flexibility index (Phi) is 5.13. The maximum absolute atomic E-state index is 11.8. The molecule has 24 heavy (non-hydrogen) atoms. The standard InChI is InChI=1S/C19H20N2O3/c22-16(10-14-6-2-1-3-7-14)12-20-19(23)21-13-17-11-15-8-4-5-9-18(15)24-17/h1-9,11,16,22H,10,12-13H2,(H2,20,21,23). The van der Waals surface area contributed by atoms with Crippen LogP contribution in [0, 0.1) is 0 Å². The number of carbonyl (C=O) groups is 1. The summed E-state index contributed by atoms with van der Waals surface area (Å²) in [5.74, 6) is 0.691. The number of nitrogens with one attached hydrogen (secondary N) is 2. The van der Waals surface area contributed by atoms with E-state index in [2.05, 4.69) is 10.6 Å². The zero-order valence-corrected chi connectivity index (χ0v) is 13.2. The van der Waals surface area contributed by atoms with Crippen LogP contribution in [0.25, 0.3) is 11.0 Å². The molecule has 0 fully saturated rings. The van der Waals surface area contributed by atoms with Crippen molar-refractivity contribution in [1.29, 1.82) is 0 Å². The maximum atomic E-state index is 11.8. The number of hydrogen-bond acceptors (Lipinski definition) is 3. The summed E-state index contributed by atoms with van der Waals surface area (Å²) in [6.07, 6.45) is -0.116. The van der Waals surface area contributed by atoms with E-state index < -0.39 is 6.10 Å². The van der Waals surface area contributed by atoms with Gasteiger partial charge < -0.3 is 20.2 Å². The lowest BCUT2D eigenvalue weighted by molar-refractivity contribution is 0.170. The number of rotatable bonds is 6. The smallest absolute Gasteiger partial charge is 0.315 e. The lowest BCUT2D eigenvalue weighted by Crippen LogP contribution is -2.39. The second kappa shape index (κ2) is 7.66. The number of fused-ring (bicyclic) bond motifs is 1. The molecule has 0 aliphatic heterocycles. The molecule has 5 heteroatoms. The first-order chi connectivity index (χ1) is 11.7. The van der Waals surface area contributed by atoms with Crippen molar-refractivity contribution in [3.8, 4) is 0 Å². The molecule has 1 heterocycles. The van der Waals surface area contributed by atoms with Crippen molar-refractivity contribution in [2.45, 2.75) is 19.1 Å². The van der Waals surface area contributed by atoms with Crippen LogP contribution < -0.4 is 10.6 Å². The number of aliphatic hydroxyl groups excluding tert-OH is 1. The molecular weight excluding hydrogens is 304 g/mol. The van der Waals surface area contributed by atoms with E-state index in [0.29, 0.717) is 18.7 Å². The van der Waals surface area contributed by atoms with Crippen LogP contribution in [0.2, 0.25) is 0 Å². The predicted molar refractivity (Wildman–Crippen MR) is 92.6 cm³/mol. The zero-order valence-electron chi connectivity index (χ0n) is 13.2. The van der Waals surface area contributed by atoms with Gasteiger partial charge in [0.05, 0.1) is 12.6 Å². The highest BCUT2D eigenvalue weighted by Gasteiger charge is 2.09. The molecule has 1 aromatic heterocycles. The monoisotopic (exact) mass is 324 g/mol. The SMILES string of the molecule is O=C(NCc1cc2ccccc2o1)NCC(O)Cc1ccccc1. The third kappa shape index (κ3) is 4.36. The average Bonchev–Trinajstić information content (AvgIpc) is 3.02. The van der Waals surface area contributed by atoms with Crippen molar-refractivity contribution >= 4 is 17.0 Å². The summed E-state index contributed by atoms with van der Waals surface area (Å²) >= 11 is 0. The first-order valence-corrected chi connectivity index (χ1v) is 7.92. The lowest BCUT2D eigenvalue weighted by atomic mass is 10.1. The van der Waals surface area contributed by atoms with Gasteiger partial charge in [0.15, 0.2) is 0 Å². The van der Waals surface area contributed by atoms with E-state index in [9.17, 15) is 9.90 Å². The number of furan rings is 1. The van der Waals surface area contributed by atoms with Crippen LogP contribution in [0.5, 0.6) is 0 Å². The van der Waals surface area contributed by atoms with Gasteiger partial charge in [-0.2, -0.15) is 0 Å². The number of amides is 2. The molecule has 3 rings (SSSR count). The quantitative estimate of drug-likeness (QED) is 0.653. The summed E-state index contributed by atoms with van der Waals surface area (Å²) in [5, 5.41) is 16.4. The molecule has 0 aliphatic rings. The second-order valence-corrected chi connectivity index (χ2v) is 5.66. The molecule has 3 aromatic rings. The first kappa shape index (κ1) is 16.1. The summed E-state index contributed by atoms with van der Waals surface area (Å²) in [4.78, 5) is 11.8. The van der Waals surface area contributed by atoms with Gasteiger partial charge in [0.1, 0.15) is 11.3 Å². The van der Waals surface area contributed by atoms with Crippen molar-refractivity contribution in [2.24, 2.45) is 0 Å². The summed E-state index contributed by atoms with van der Waals surface area (Å²) in [6, 6.07) is 18.9. The Morgan fingerprint density at radius 3 is 2.58 bits per heavy atom. The summed E-state index contributed by atoms with van der Waals surface area (Å²) < 4.78 is 5.63. The topological polar surface area (TPSA) is 74.5 Å². The summed E-state index contributed by atoms with van der Waals surface area (Å²) in [5.41, 5.74) is 1.84. The van der Waals surface area contributed by atoms with Crippen molar-refractivity contribution in [3.63, 3.8) is 0 Å². The minimum atomic E-state index is -0.621. The van der Waals surface area contributed by atoms with E-state index in [-0.39, 0.29) is 12.6 Å². The van der Waals surface area contributed by atoms with Gasteiger partial charge >= 0.3 is 6.03 Å². The van der Waals surface area contributed by atoms with E-state index >= 15 is 0 Å². The summed E-state index contributed by atoms with van der Waals surface area (Å²) in [6.45, 7) is 0.496. The van der Waals surface area contributed by atoms with Gasteiger partial charge in [-0.25, -0.2) is 4.79 Å². The summed E-state index contributed by atoms with van der Waals surface area (Å²) in [7, 11) is 0. The van der Waals surface area contributed by atoms with Crippen LogP contribution in [0.4, 0.5) is 4.79 Å². The van der Waals surface area contributed by atoms with E-state index in [1.165, 1.54) is 0 Å². The molecule has 0 bridgehead atoms. The highest BCUT2D eigenvalue weighted by Crippen LogP contribution is 2.18. The van der Waals surface area contributed by atoms with Crippen molar-refractivity contribution in [2.75, 3.05) is 6.54 Å². The Labute approximate surface area is 140 Å². The molecule has 3 N–H and O–H groups in total. The van der Waals surface area contributed by atoms with Gasteiger partial charge in [-0.05, 0) is 17.7 Å². The van der Waals surface area contributed by atoms with Crippen molar-refractivity contribution in [1.82, 2.24) is 10.6 Å². The lowest BCUT2D eigenvalue weighted by Gasteiger charge is -2.12. The average molecular weight is 324 g/mol. The van der Waals surface area contributed by atoms with Crippen molar-refractivity contribution in [3.05, 3.63) is 72.0 Å². The number of aliphatic hydroxyl groups is 1. The molecule has 5 nitrogen and oxygen atoms in total. The Morgan fingerprint density at radius 1 is 1.04 bits per heavy atom. The molecule has 1 atom stereocenters. The highest BCUT2D eigenvalue weighted by molar-refractivity contribution is 5.78. The minimum Gasteiger partial charge on any atom is -0.459 e. The molecule has 124 valence electrons. The largest absolute Gasteiger partial charge is 0.459 e. The van der Waals surface area contributed by atoms with Crippen molar-refractivity contribution < 1.29 is 14.3 Å². The molecular formula is C19H20N2O3. The number of hydrogen-bond donors (Lipinski definition) is 3. The molecule has 2 amide bonds. The van der Waals surface area contributed by atoms with Gasteiger partial charge in [0.25, 0.3) is 0 Å². The van der Waals surface area contributed by atoms with Crippen LogP contribution in [0.1, 0.15) is 11.3 Å². The van der Waals surface area contributed by atoms with E-state index in [1.54, 1.807) is 0 Å². The fourth-order valence-corrected chi connectivity index (χ4v) is 2.52. The Hall–Kier alpha value is -2.79. The molecule has 0 saturated carbocycles. The first-order valence-electron chi connectivity index (χ1n) is 7.92. The Bertz CT molecular complexity index is 765. The van der Waals surface area contributed by atoms with Crippen LogP contribution in [0.3, 0.4) is 0 Å². The fourth-order valence-electron chi connectivity index (χ4n) is 2.52. The van der Waals surface area contributed by atoms with Crippen LogP contribution in [0.15, 0.2) is 65.1 Å². The molecule has 0 saturated heterocycles. The van der Waals surface area contributed by atoms with E-state index in [0.717, 1.165) is 16.5 Å². The van der Waals surface area contributed by atoms with Crippen LogP contribution in [-0.4, -0.2) is 23.8 Å². The molecule has 0 aliphatic carbocycles. The van der Waals surface area contributed by atoms with Crippen LogP contribution >= 0.6 is 0 Å². The molecule has 0 radical (unpaired) electrons. The number of para-hydroxylation sites is 1. The minimum absolute atomic E-state index is 0.195. The fraction of sp³-hybridized carbons (Fsp3) is 0.211. The van der Waals surface area contributed by atoms with Gasteiger partial charge in [0.2, 0.25) is 0 Å². The predicted octanol–water partition coefficient (Wildman–Crippen LogP) is 2.84. The molecule has 2 aromatic carbocycles. The Balaban J connectivity index is 1.42. The van der Waals surface area contributed by atoms with Gasteiger partial charge in [-0.1, -0.05) is 48.5 Å². The van der Waals surface area contributed by atoms with Gasteiger partial charge in [-0.3, -0.25) is 0 Å². The molecule has 1 unspecified atom stereocenters. The van der Waals surface area contributed by atoms with Gasteiger partial charge in [-0.15, -0.1) is 0 Å². The van der Waals surface area contributed by atoms with E-state index in [4.69, 9.17) is 4.42 Å². The van der Waals surface area contributed by atoms with Crippen LogP contribution in [-0.2, 0) is 13.0 Å². The normalized spacial score (nSPS) is 12.0. The van der Waals surface area contributed by atoms with Gasteiger partial charge in [0, 0.05) is 18.4 Å². The Morgan fingerprint density at radius 2 is 1.79 bits per heavy atom. The van der Waals surface area contributed by atoms with E-state index in [1.807, 2.05) is 60.7 Å². The number of benzene rings is 2. The second-order valence-electron chi connectivity index (χ2n) is 5.66. The zero-order chi connectivity index (χ0) is 16.8. The number of carbonyl (C=O) groups excluding carboxylic acids is 1. The maximum Gasteiger partial charge on any atom is 0.315 e. The third-order valence-electron chi connectivity index (χ3n) is 3.71. The molecule has 0 spiro atoms. The number of urea groups is 1.